The molecule has 88 valence electrons. The second kappa shape index (κ2) is 3.20. The van der Waals surface area contributed by atoms with Gasteiger partial charge >= 0.3 is 0 Å². The molecule has 4 heteroatoms. The standard InChI is InChI=1S/C11H20O3S/c1-10(2)9(3-6-15(10,13)14)7-11(8-12)4-5-11/h9,12H,3-8H2,1-2H3. The summed E-state index contributed by atoms with van der Waals surface area (Å²) >= 11 is 0. The van der Waals surface area contributed by atoms with Gasteiger partial charge in [-0.15, -0.1) is 0 Å². The van der Waals surface area contributed by atoms with Gasteiger partial charge in [-0.05, 0) is 50.9 Å². The average Bonchev–Trinajstić information content (AvgIpc) is 2.88. The Bertz CT molecular complexity index is 352. The Morgan fingerprint density at radius 1 is 1.33 bits per heavy atom. The van der Waals surface area contributed by atoms with E-state index in [1.54, 1.807) is 0 Å². The third-order valence-electron chi connectivity index (χ3n) is 4.49. The fourth-order valence-corrected chi connectivity index (χ4v) is 4.47. The smallest absolute Gasteiger partial charge is 0.155 e. The summed E-state index contributed by atoms with van der Waals surface area (Å²) < 4.78 is 23.1. The van der Waals surface area contributed by atoms with Gasteiger partial charge in [0.05, 0.1) is 10.5 Å². The maximum absolute atomic E-state index is 11.8. The van der Waals surface area contributed by atoms with Crippen molar-refractivity contribution >= 4 is 9.84 Å². The van der Waals surface area contributed by atoms with Gasteiger partial charge in [0.2, 0.25) is 0 Å². The zero-order valence-electron chi connectivity index (χ0n) is 9.49. The quantitative estimate of drug-likeness (QED) is 0.799. The summed E-state index contributed by atoms with van der Waals surface area (Å²) in [6.07, 6.45) is 3.79. The number of hydrogen-bond donors (Lipinski definition) is 1. The molecule has 1 unspecified atom stereocenters. The number of aliphatic hydroxyl groups is 1. The molecule has 0 spiro atoms. The van der Waals surface area contributed by atoms with E-state index >= 15 is 0 Å². The molecule has 1 saturated carbocycles. The second-order valence-electron chi connectivity index (χ2n) is 5.77. The Morgan fingerprint density at radius 2 is 1.93 bits per heavy atom. The molecule has 1 aliphatic heterocycles. The lowest BCUT2D eigenvalue weighted by molar-refractivity contribution is 0.175. The van der Waals surface area contributed by atoms with Crippen molar-refractivity contribution in [1.29, 1.82) is 0 Å². The fourth-order valence-electron chi connectivity index (χ4n) is 2.64. The Morgan fingerprint density at radius 3 is 2.27 bits per heavy atom. The molecule has 1 atom stereocenters. The van der Waals surface area contributed by atoms with Crippen LogP contribution in [-0.2, 0) is 9.84 Å². The molecular formula is C11H20O3S. The minimum absolute atomic E-state index is 0.0712. The summed E-state index contributed by atoms with van der Waals surface area (Å²) in [6, 6.07) is 0. The molecule has 1 saturated heterocycles. The van der Waals surface area contributed by atoms with Gasteiger partial charge in [-0.3, -0.25) is 0 Å². The van der Waals surface area contributed by atoms with Gasteiger partial charge in [-0.2, -0.15) is 0 Å². The van der Waals surface area contributed by atoms with Crippen LogP contribution < -0.4 is 0 Å². The van der Waals surface area contributed by atoms with E-state index in [1.807, 2.05) is 13.8 Å². The van der Waals surface area contributed by atoms with Crippen molar-refractivity contribution in [3.8, 4) is 0 Å². The predicted octanol–water partition coefficient (Wildman–Crippen LogP) is 1.36. The molecule has 2 aliphatic rings. The van der Waals surface area contributed by atoms with Crippen LogP contribution in [0.2, 0.25) is 0 Å². The minimum Gasteiger partial charge on any atom is -0.396 e. The van der Waals surface area contributed by atoms with E-state index in [1.165, 1.54) is 0 Å². The molecule has 0 aromatic rings. The summed E-state index contributed by atoms with van der Waals surface area (Å²) in [4.78, 5) is 0. The van der Waals surface area contributed by atoms with Crippen molar-refractivity contribution in [1.82, 2.24) is 0 Å². The normalized spacial score (nSPS) is 35.3. The van der Waals surface area contributed by atoms with Crippen molar-refractivity contribution < 1.29 is 13.5 Å². The van der Waals surface area contributed by atoms with Gasteiger partial charge in [0.25, 0.3) is 0 Å². The van der Waals surface area contributed by atoms with E-state index in [-0.39, 0.29) is 17.9 Å². The molecule has 1 heterocycles. The van der Waals surface area contributed by atoms with E-state index in [4.69, 9.17) is 0 Å². The van der Waals surface area contributed by atoms with Crippen LogP contribution in [0.3, 0.4) is 0 Å². The molecule has 0 amide bonds. The Labute approximate surface area is 91.8 Å². The third-order valence-corrected chi connectivity index (χ3v) is 7.20. The first-order valence-electron chi connectivity index (χ1n) is 5.66. The maximum atomic E-state index is 11.8. The number of hydrogen-bond acceptors (Lipinski definition) is 3. The zero-order valence-corrected chi connectivity index (χ0v) is 10.3. The summed E-state index contributed by atoms with van der Waals surface area (Å²) in [5.74, 6) is 0.559. The molecule has 2 rings (SSSR count). The minimum atomic E-state index is -2.91. The van der Waals surface area contributed by atoms with E-state index in [0.29, 0.717) is 5.75 Å². The lowest BCUT2D eigenvalue weighted by Gasteiger charge is -2.28. The van der Waals surface area contributed by atoms with Crippen LogP contribution in [0.5, 0.6) is 0 Å². The van der Waals surface area contributed by atoms with Crippen molar-refractivity contribution in [2.24, 2.45) is 11.3 Å². The summed E-state index contributed by atoms with van der Waals surface area (Å²) in [7, 11) is -2.91. The highest BCUT2D eigenvalue weighted by Gasteiger charge is 2.53. The summed E-state index contributed by atoms with van der Waals surface area (Å²) in [5.41, 5.74) is 0.0712. The summed E-state index contributed by atoms with van der Waals surface area (Å²) in [5, 5.41) is 9.27. The monoisotopic (exact) mass is 232 g/mol. The lowest BCUT2D eigenvalue weighted by atomic mass is 9.83. The molecule has 3 nitrogen and oxygen atoms in total. The van der Waals surface area contributed by atoms with Gasteiger partial charge in [-0.25, -0.2) is 8.42 Å². The number of aliphatic hydroxyl groups excluding tert-OH is 1. The first-order chi connectivity index (χ1) is 6.83. The molecule has 0 bridgehead atoms. The van der Waals surface area contributed by atoms with Gasteiger partial charge in [0, 0.05) is 6.61 Å². The highest BCUT2D eigenvalue weighted by atomic mass is 32.2. The predicted molar refractivity (Wildman–Crippen MR) is 59.3 cm³/mol. The van der Waals surface area contributed by atoms with E-state index in [9.17, 15) is 13.5 Å². The number of sulfone groups is 1. The number of rotatable bonds is 3. The molecule has 1 aliphatic carbocycles. The van der Waals surface area contributed by atoms with Gasteiger partial charge in [0.15, 0.2) is 9.84 Å². The van der Waals surface area contributed by atoms with Gasteiger partial charge in [-0.1, -0.05) is 0 Å². The third kappa shape index (κ3) is 1.72. The SMILES string of the molecule is CC1(C)C(CC2(CO)CC2)CCS1(=O)=O. The molecule has 0 aromatic carbocycles. The van der Waals surface area contributed by atoms with Crippen molar-refractivity contribution in [3.05, 3.63) is 0 Å². The van der Waals surface area contributed by atoms with Crippen LogP contribution in [0, 0.1) is 11.3 Å². The van der Waals surface area contributed by atoms with Gasteiger partial charge in [0.1, 0.15) is 0 Å². The van der Waals surface area contributed by atoms with Crippen LogP contribution in [0.25, 0.3) is 0 Å². The largest absolute Gasteiger partial charge is 0.396 e. The van der Waals surface area contributed by atoms with Crippen LogP contribution in [0.1, 0.15) is 39.5 Å². The van der Waals surface area contributed by atoms with Crippen molar-refractivity contribution in [3.63, 3.8) is 0 Å². The fraction of sp³-hybridized carbons (Fsp3) is 1.00. The van der Waals surface area contributed by atoms with Crippen LogP contribution >= 0.6 is 0 Å². The highest BCUT2D eigenvalue weighted by molar-refractivity contribution is 7.93. The van der Waals surface area contributed by atoms with E-state index in [2.05, 4.69) is 0 Å². The summed E-state index contributed by atoms with van der Waals surface area (Å²) in [6.45, 7) is 3.90. The first kappa shape index (κ1) is 11.4. The Hall–Kier alpha value is -0.0900. The second-order valence-corrected chi connectivity index (χ2v) is 8.46. The van der Waals surface area contributed by atoms with E-state index in [0.717, 1.165) is 25.7 Å². The van der Waals surface area contributed by atoms with E-state index < -0.39 is 14.6 Å². The Balaban J connectivity index is 2.13. The first-order valence-corrected chi connectivity index (χ1v) is 7.31. The highest BCUT2D eigenvalue weighted by Crippen LogP contribution is 2.54. The van der Waals surface area contributed by atoms with Crippen molar-refractivity contribution in [2.75, 3.05) is 12.4 Å². The zero-order chi connectivity index (χ0) is 11.3. The van der Waals surface area contributed by atoms with Crippen LogP contribution in [0.15, 0.2) is 0 Å². The molecule has 15 heavy (non-hydrogen) atoms. The molecule has 0 aromatic heterocycles. The average molecular weight is 232 g/mol. The van der Waals surface area contributed by atoms with Gasteiger partial charge < -0.3 is 5.11 Å². The molecular weight excluding hydrogens is 212 g/mol. The maximum Gasteiger partial charge on any atom is 0.155 e. The molecule has 1 N–H and O–H groups in total. The molecule has 0 radical (unpaired) electrons. The van der Waals surface area contributed by atoms with Crippen molar-refractivity contribution in [2.45, 2.75) is 44.3 Å². The topological polar surface area (TPSA) is 54.4 Å². The van der Waals surface area contributed by atoms with Crippen LogP contribution in [-0.4, -0.2) is 30.6 Å². The molecule has 2 fully saturated rings. The Kier molecular flexibility index (Phi) is 2.43. The lowest BCUT2D eigenvalue weighted by Crippen LogP contribution is -2.35. The van der Waals surface area contributed by atoms with Crippen LogP contribution in [0.4, 0.5) is 0 Å².